The maximum absolute atomic E-state index is 13.6. The summed E-state index contributed by atoms with van der Waals surface area (Å²) < 4.78 is 55.6. The molecule has 1 heterocycles. The fourth-order valence-corrected chi connectivity index (χ4v) is 7.56. The lowest BCUT2D eigenvalue weighted by atomic mass is 10.2. The Balaban J connectivity index is 1.57. The van der Waals surface area contributed by atoms with Gasteiger partial charge in [0.2, 0.25) is 15.9 Å². The number of sulfonamides is 2. The number of piperidine rings is 1. The summed E-state index contributed by atoms with van der Waals surface area (Å²) in [7, 11) is -7.69. The first-order valence-electron chi connectivity index (χ1n) is 12.2. The Bertz CT molecular complexity index is 1520. The minimum Gasteiger partial charge on any atom is -0.325 e. The lowest BCUT2D eigenvalue weighted by molar-refractivity contribution is -0.114. The third-order valence-electron chi connectivity index (χ3n) is 6.41. The summed E-state index contributed by atoms with van der Waals surface area (Å²) in [5, 5.41) is 3.13. The molecule has 0 atom stereocenters. The molecule has 0 radical (unpaired) electrons. The second-order valence-electron chi connectivity index (χ2n) is 9.29. The molecule has 38 heavy (non-hydrogen) atoms. The number of nitrogens with one attached hydrogen (secondary N) is 1. The maximum atomic E-state index is 13.6. The van der Waals surface area contributed by atoms with Crippen LogP contribution in [0.2, 0.25) is 5.02 Å². The number of hydrogen-bond donors (Lipinski definition) is 1. The van der Waals surface area contributed by atoms with Crippen molar-refractivity contribution in [2.24, 2.45) is 0 Å². The summed E-state index contributed by atoms with van der Waals surface area (Å²) in [5.41, 5.74) is 2.18. The van der Waals surface area contributed by atoms with Crippen LogP contribution in [0.4, 0.5) is 11.4 Å². The molecule has 3 aromatic carbocycles. The van der Waals surface area contributed by atoms with Gasteiger partial charge < -0.3 is 5.32 Å². The second-order valence-corrected chi connectivity index (χ2v) is 13.5. The van der Waals surface area contributed by atoms with E-state index in [2.05, 4.69) is 5.32 Å². The number of rotatable bonds is 8. The van der Waals surface area contributed by atoms with Crippen LogP contribution < -0.4 is 9.62 Å². The lowest BCUT2D eigenvalue weighted by Crippen LogP contribution is -2.38. The van der Waals surface area contributed by atoms with Crippen LogP contribution in [0.3, 0.4) is 0 Å². The fourth-order valence-electron chi connectivity index (χ4n) is 4.33. The highest BCUT2D eigenvalue weighted by Gasteiger charge is 2.29. The number of halogens is 1. The number of hydrogen-bond acceptors (Lipinski definition) is 5. The van der Waals surface area contributed by atoms with Crippen molar-refractivity contribution in [3.8, 4) is 0 Å². The predicted molar refractivity (Wildman–Crippen MR) is 150 cm³/mol. The highest BCUT2D eigenvalue weighted by molar-refractivity contribution is 7.92. The van der Waals surface area contributed by atoms with Crippen molar-refractivity contribution in [3.63, 3.8) is 0 Å². The molecular weight excluding hydrogens is 546 g/mol. The van der Waals surface area contributed by atoms with Crippen LogP contribution in [0, 0.1) is 13.8 Å². The molecule has 0 unspecified atom stereocenters. The quantitative estimate of drug-likeness (QED) is 0.408. The number of anilines is 2. The molecule has 202 valence electrons. The zero-order chi connectivity index (χ0) is 27.5. The van der Waals surface area contributed by atoms with E-state index in [0.717, 1.165) is 29.1 Å². The van der Waals surface area contributed by atoms with Gasteiger partial charge in [0.1, 0.15) is 6.54 Å². The van der Waals surface area contributed by atoms with Gasteiger partial charge in [-0.3, -0.25) is 9.10 Å². The molecule has 1 N–H and O–H groups in total. The van der Waals surface area contributed by atoms with Gasteiger partial charge in [-0.25, -0.2) is 16.8 Å². The van der Waals surface area contributed by atoms with Gasteiger partial charge in [-0.2, -0.15) is 4.31 Å². The maximum Gasteiger partial charge on any atom is 0.264 e. The monoisotopic (exact) mass is 575 g/mol. The van der Waals surface area contributed by atoms with Crippen molar-refractivity contribution in [2.45, 2.75) is 42.9 Å². The van der Waals surface area contributed by atoms with E-state index in [4.69, 9.17) is 11.6 Å². The molecule has 1 saturated heterocycles. The van der Waals surface area contributed by atoms with Crippen LogP contribution in [-0.4, -0.2) is 46.7 Å². The van der Waals surface area contributed by atoms with E-state index in [0.29, 0.717) is 35.1 Å². The molecule has 1 aliphatic rings. The second kappa shape index (κ2) is 11.4. The van der Waals surface area contributed by atoms with E-state index in [1.54, 1.807) is 37.3 Å². The summed E-state index contributed by atoms with van der Waals surface area (Å²) in [5.74, 6) is -0.582. The largest absolute Gasteiger partial charge is 0.325 e. The van der Waals surface area contributed by atoms with E-state index >= 15 is 0 Å². The third kappa shape index (κ3) is 6.20. The first-order chi connectivity index (χ1) is 18.0. The van der Waals surface area contributed by atoms with Crippen LogP contribution in [-0.2, 0) is 24.8 Å². The molecule has 1 amide bonds. The molecular formula is C27H30ClN3O5S2. The Morgan fingerprint density at radius 1 is 0.868 bits per heavy atom. The summed E-state index contributed by atoms with van der Waals surface area (Å²) in [4.78, 5) is 13.3. The van der Waals surface area contributed by atoms with Crippen molar-refractivity contribution >= 4 is 48.9 Å². The first-order valence-corrected chi connectivity index (χ1v) is 15.5. The highest BCUT2D eigenvalue weighted by Crippen LogP contribution is 2.29. The first kappa shape index (κ1) is 28.1. The number of aryl methyl sites for hydroxylation is 2. The van der Waals surface area contributed by atoms with E-state index in [1.807, 2.05) is 6.92 Å². The van der Waals surface area contributed by atoms with Gasteiger partial charge in [-0.15, -0.1) is 0 Å². The van der Waals surface area contributed by atoms with E-state index < -0.39 is 32.5 Å². The van der Waals surface area contributed by atoms with E-state index in [9.17, 15) is 21.6 Å². The van der Waals surface area contributed by atoms with E-state index in [1.165, 1.54) is 40.7 Å². The van der Waals surface area contributed by atoms with Crippen molar-refractivity contribution in [2.75, 3.05) is 29.3 Å². The predicted octanol–water partition coefficient (Wildman–Crippen LogP) is 4.97. The minimum absolute atomic E-state index is 0.0533. The molecule has 1 aliphatic heterocycles. The number of carbonyl (C=O) groups excluding carboxylic acids is 1. The third-order valence-corrected chi connectivity index (χ3v) is 10.3. The van der Waals surface area contributed by atoms with Gasteiger partial charge in [0.15, 0.2) is 0 Å². The Kier molecular flexibility index (Phi) is 8.46. The topological polar surface area (TPSA) is 104 Å². The molecule has 0 spiro atoms. The van der Waals surface area contributed by atoms with Crippen LogP contribution in [0.25, 0.3) is 0 Å². The van der Waals surface area contributed by atoms with Gasteiger partial charge in [-0.1, -0.05) is 35.7 Å². The van der Waals surface area contributed by atoms with Crippen LogP contribution in [0.5, 0.6) is 0 Å². The zero-order valence-corrected chi connectivity index (χ0v) is 23.6. The van der Waals surface area contributed by atoms with Gasteiger partial charge in [-0.05, 0) is 86.8 Å². The van der Waals surface area contributed by atoms with Crippen LogP contribution in [0.15, 0.2) is 76.5 Å². The van der Waals surface area contributed by atoms with Gasteiger partial charge in [0, 0.05) is 23.8 Å². The van der Waals surface area contributed by atoms with Gasteiger partial charge in [0.25, 0.3) is 10.0 Å². The van der Waals surface area contributed by atoms with Crippen LogP contribution in [0.1, 0.15) is 30.4 Å². The van der Waals surface area contributed by atoms with Crippen molar-refractivity contribution in [1.29, 1.82) is 0 Å². The molecule has 0 saturated carbocycles. The molecule has 0 bridgehead atoms. The molecule has 3 aromatic rings. The van der Waals surface area contributed by atoms with E-state index in [-0.39, 0.29) is 9.79 Å². The molecule has 0 aromatic heterocycles. The molecule has 1 fully saturated rings. The summed E-state index contributed by atoms with van der Waals surface area (Å²) in [6, 6.07) is 17.1. The number of amides is 1. The SMILES string of the molecule is Cc1ccc(S(=O)(=O)N(CC(=O)Nc2ccc(S(=O)(=O)N3CCCCC3)cc2)c2ccc(Cl)cc2C)cc1. The lowest BCUT2D eigenvalue weighted by Gasteiger charge is -2.26. The Morgan fingerprint density at radius 3 is 2.08 bits per heavy atom. The molecule has 8 nitrogen and oxygen atoms in total. The Morgan fingerprint density at radius 2 is 1.47 bits per heavy atom. The Labute approximate surface area is 229 Å². The molecule has 0 aliphatic carbocycles. The smallest absolute Gasteiger partial charge is 0.264 e. The number of nitrogens with zero attached hydrogens (tertiary/aromatic N) is 2. The average Bonchev–Trinajstić information content (AvgIpc) is 2.89. The normalized spacial score (nSPS) is 14.7. The molecule has 11 heteroatoms. The van der Waals surface area contributed by atoms with Crippen molar-refractivity contribution in [1.82, 2.24) is 4.31 Å². The minimum atomic E-state index is -4.09. The number of carbonyl (C=O) groups is 1. The van der Waals surface area contributed by atoms with Gasteiger partial charge in [0.05, 0.1) is 15.5 Å². The molecule has 4 rings (SSSR count). The standard InChI is InChI=1S/C27H30ClN3O5S2/c1-20-6-11-25(12-7-20)38(35,36)31(26-15-8-22(28)18-21(26)2)19-27(32)29-23-9-13-24(14-10-23)37(33,34)30-16-4-3-5-17-30/h6-15,18H,3-5,16-17,19H2,1-2H3,(H,29,32). The summed E-state index contributed by atoms with van der Waals surface area (Å²) >= 11 is 6.08. The zero-order valence-electron chi connectivity index (χ0n) is 21.2. The van der Waals surface area contributed by atoms with Crippen molar-refractivity contribution < 1.29 is 21.6 Å². The highest BCUT2D eigenvalue weighted by atomic mass is 35.5. The van der Waals surface area contributed by atoms with Crippen LogP contribution >= 0.6 is 11.6 Å². The average molecular weight is 576 g/mol. The number of benzene rings is 3. The van der Waals surface area contributed by atoms with Crippen molar-refractivity contribution in [3.05, 3.63) is 82.9 Å². The Hall–Kier alpha value is -2.92. The fraction of sp³-hybridized carbons (Fsp3) is 0.296. The summed E-state index contributed by atoms with van der Waals surface area (Å²) in [6.07, 6.45) is 2.69. The van der Waals surface area contributed by atoms with Gasteiger partial charge >= 0.3 is 0 Å². The summed E-state index contributed by atoms with van der Waals surface area (Å²) in [6.45, 7) is 4.07.